The molecule has 2 aromatic carbocycles. The van der Waals surface area contributed by atoms with E-state index in [2.05, 4.69) is 0 Å². The van der Waals surface area contributed by atoms with Crippen LogP contribution in [0.2, 0.25) is 0 Å². The number of aryl methyl sites for hydroxylation is 1. The molecule has 3 rings (SSSR count). The first-order chi connectivity index (χ1) is 11.4. The lowest BCUT2D eigenvalue weighted by Gasteiger charge is -2.15. The number of fused-ring (bicyclic) bond motifs is 1. The smallest absolute Gasteiger partial charge is 0.339 e. The number of primary amides is 1. The van der Waals surface area contributed by atoms with Gasteiger partial charge in [-0.2, -0.15) is 0 Å². The van der Waals surface area contributed by atoms with Gasteiger partial charge in [-0.3, -0.25) is 4.79 Å². The van der Waals surface area contributed by atoms with Crippen LogP contribution in [0, 0.1) is 6.92 Å². The van der Waals surface area contributed by atoms with Gasteiger partial charge in [0.05, 0.1) is 18.8 Å². The predicted molar refractivity (Wildman–Crippen MR) is 88.0 cm³/mol. The average Bonchev–Trinajstić information content (AvgIpc) is 3.28. The molecule has 1 aliphatic heterocycles. The van der Waals surface area contributed by atoms with Crippen LogP contribution in [0.3, 0.4) is 0 Å². The van der Waals surface area contributed by atoms with Crippen molar-refractivity contribution in [3.05, 3.63) is 41.5 Å². The number of nitrogens with two attached hydrogens (primary N) is 1. The molecule has 1 amide bonds. The highest BCUT2D eigenvalue weighted by Gasteiger charge is 2.47. The molecule has 2 aromatic rings. The molecule has 2 N–H and O–H groups in total. The van der Waals surface area contributed by atoms with Gasteiger partial charge in [0.2, 0.25) is 6.10 Å². The molecule has 1 aliphatic rings. The highest BCUT2D eigenvalue weighted by molar-refractivity contribution is 6.06. The second kappa shape index (κ2) is 6.13. The van der Waals surface area contributed by atoms with Gasteiger partial charge in [-0.05, 0) is 42.3 Å². The second-order valence-electron chi connectivity index (χ2n) is 5.88. The van der Waals surface area contributed by atoms with Crippen molar-refractivity contribution in [2.24, 2.45) is 5.73 Å². The molecule has 0 radical (unpaired) electrons. The van der Waals surface area contributed by atoms with Gasteiger partial charge in [0, 0.05) is 0 Å². The molecule has 24 heavy (non-hydrogen) atoms. The summed E-state index contributed by atoms with van der Waals surface area (Å²) in [5.41, 5.74) is 6.67. The summed E-state index contributed by atoms with van der Waals surface area (Å²) in [6.07, 6.45) is -1.73. The third-order valence-corrected chi connectivity index (χ3v) is 4.21. The molecule has 1 heterocycles. The van der Waals surface area contributed by atoms with Crippen LogP contribution in [0.4, 0.5) is 0 Å². The lowest BCUT2D eigenvalue weighted by Crippen LogP contribution is -2.38. The Labute approximate surface area is 139 Å². The Hall–Kier alpha value is -2.60. The minimum atomic E-state index is -1.10. The van der Waals surface area contributed by atoms with Gasteiger partial charge in [-0.25, -0.2) is 4.79 Å². The lowest BCUT2D eigenvalue weighted by molar-refractivity contribution is -0.127. The van der Waals surface area contributed by atoms with E-state index in [1.807, 2.05) is 31.2 Å². The van der Waals surface area contributed by atoms with Crippen molar-refractivity contribution >= 4 is 22.6 Å². The van der Waals surface area contributed by atoms with Gasteiger partial charge < -0.3 is 19.9 Å². The van der Waals surface area contributed by atoms with Crippen LogP contribution in [-0.2, 0) is 14.3 Å². The molecule has 0 saturated carbocycles. The summed E-state index contributed by atoms with van der Waals surface area (Å²) < 4.78 is 15.8. The Bertz CT molecular complexity index is 816. The third-order valence-electron chi connectivity index (χ3n) is 4.21. The van der Waals surface area contributed by atoms with E-state index in [1.54, 1.807) is 13.0 Å². The number of rotatable bonds is 5. The van der Waals surface area contributed by atoms with Crippen molar-refractivity contribution in [3.63, 3.8) is 0 Å². The van der Waals surface area contributed by atoms with Gasteiger partial charge in [0.25, 0.3) is 5.91 Å². The van der Waals surface area contributed by atoms with E-state index in [4.69, 9.17) is 19.9 Å². The van der Waals surface area contributed by atoms with Crippen molar-refractivity contribution < 1.29 is 23.8 Å². The summed E-state index contributed by atoms with van der Waals surface area (Å²) in [6, 6.07) is 9.09. The van der Waals surface area contributed by atoms with Crippen molar-refractivity contribution in [2.75, 3.05) is 7.11 Å². The number of epoxide rings is 1. The number of carbonyl (C=O) groups is 2. The van der Waals surface area contributed by atoms with Crippen LogP contribution in [-0.4, -0.2) is 37.3 Å². The first kappa shape index (κ1) is 16.3. The van der Waals surface area contributed by atoms with E-state index in [0.29, 0.717) is 11.3 Å². The number of esters is 1. The Kier molecular flexibility index (Phi) is 4.15. The topological polar surface area (TPSA) is 91.2 Å². The number of carbonyl (C=O) groups excluding carboxylic acids is 2. The van der Waals surface area contributed by atoms with Crippen LogP contribution in [0.15, 0.2) is 30.3 Å². The molecule has 6 nitrogen and oxygen atoms in total. The predicted octanol–water partition coefficient (Wildman–Crippen LogP) is 1.95. The fraction of sp³-hybridized carbons (Fsp3) is 0.333. The van der Waals surface area contributed by atoms with Gasteiger partial charge in [0.15, 0.2) is 0 Å². The number of ether oxygens (including phenoxy) is 3. The van der Waals surface area contributed by atoms with Crippen LogP contribution in [0.1, 0.15) is 22.8 Å². The van der Waals surface area contributed by atoms with Crippen molar-refractivity contribution in [1.29, 1.82) is 0 Å². The van der Waals surface area contributed by atoms with E-state index >= 15 is 0 Å². The van der Waals surface area contributed by atoms with Gasteiger partial charge in [0.1, 0.15) is 11.9 Å². The summed E-state index contributed by atoms with van der Waals surface area (Å²) in [5.74, 6) is -0.813. The first-order valence-corrected chi connectivity index (χ1v) is 7.65. The Morgan fingerprint density at radius 3 is 2.54 bits per heavy atom. The third kappa shape index (κ3) is 2.92. The van der Waals surface area contributed by atoms with Crippen molar-refractivity contribution in [2.45, 2.75) is 32.2 Å². The van der Waals surface area contributed by atoms with E-state index < -0.39 is 24.1 Å². The number of hydrogen-bond acceptors (Lipinski definition) is 5. The SMILES string of the molecule is COc1cc(C(=O)O[C@H](C(N)=O)C2O[C@@H]2C)c2cccc(C)c2c1. The summed E-state index contributed by atoms with van der Waals surface area (Å²) >= 11 is 0. The molecule has 1 unspecified atom stereocenters. The highest BCUT2D eigenvalue weighted by atomic mass is 16.6. The molecule has 0 spiro atoms. The van der Waals surface area contributed by atoms with E-state index in [9.17, 15) is 9.59 Å². The zero-order chi connectivity index (χ0) is 17.4. The number of hydrogen-bond donors (Lipinski definition) is 1. The Balaban J connectivity index is 2.00. The quantitative estimate of drug-likeness (QED) is 0.669. The Morgan fingerprint density at radius 1 is 1.25 bits per heavy atom. The molecular weight excluding hydrogens is 310 g/mol. The molecule has 6 heteroatoms. The molecule has 1 fully saturated rings. The monoisotopic (exact) mass is 329 g/mol. The molecule has 0 bridgehead atoms. The molecule has 0 aliphatic carbocycles. The standard InChI is InChI=1S/C18H19NO5/c1-9-5-4-6-12-13(9)7-11(22-3)8-14(12)18(21)24-16(17(19)20)15-10(2)23-15/h4-8,10,15-16H,1-3H3,(H2,19,20)/t10-,15?,16+/m1/s1. The van der Waals surface area contributed by atoms with E-state index in [0.717, 1.165) is 16.3 Å². The molecule has 3 atom stereocenters. The highest BCUT2D eigenvalue weighted by Crippen LogP contribution is 2.31. The van der Waals surface area contributed by atoms with Crippen molar-refractivity contribution in [3.8, 4) is 5.75 Å². The van der Waals surface area contributed by atoms with Gasteiger partial charge in [-0.15, -0.1) is 0 Å². The zero-order valence-corrected chi connectivity index (χ0v) is 13.7. The van der Waals surface area contributed by atoms with E-state index in [1.165, 1.54) is 7.11 Å². The van der Waals surface area contributed by atoms with Gasteiger partial charge >= 0.3 is 5.97 Å². The normalized spacial score (nSPS) is 20.5. The number of benzene rings is 2. The minimum absolute atomic E-state index is 0.153. The number of methoxy groups -OCH3 is 1. The number of amides is 1. The molecular formula is C18H19NO5. The first-order valence-electron chi connectivity index (χ1n) is 7.65. The fourth-order valence-corrected chi connectivity index (χ4v) is 2.78. The van der Waals surface area contributed by atoms with Crippen LogP contribution in [0.5, 0.6) is 5.75 Å². The minimum Gasteiger partial charge on any atom is -0.497 e. The largest absolute Gasteiger partial charge is 0.497 e. The molecule has 0 aromatic heterocycles. The van der Waals surface area contributed by atoms with Crippen LogP contribution >= 0.6 is 0 Å². The van der Waals surface area contributed by atoms with Crippen molar-refractivity contribution in [1.82, 2.24) is 0 Å². The maximum Gasteiger partial charge on any atom is 0.339 e. The summed E-state index contributed by atoms with van der Waals surface area (Å²) in [6.45, 7) is 3.74. The molecule has 1 saturated heterocycles. The summed E-state index contributed by atoms with van der Waals surface area (Å²) in [7, 11) is 1.53. The molecule has 126 valence electrons. The average molecular weight is 329 g/mol. The van der Waals surface area contributed by atoms with E-state index in [-0.39, 0.29) is 6.10 Å². The Morgan fingerprint density at radius 2 is 1.96 bits per heavy atom. The maximum atomic E-state index is 12.7. The zero-order valence-electron chi connectivity index (χ0n) is 13.7. The summed E-state index contributed by atoms with van der Waals surface area (Å²) in [4.78, 5) is 24.2. The van der Waals surface area contributed by atoms with Crippen LogP contribution in [0.25, 0.3) is 10.8 Å². The maximum absolute atomic E-state index is 12.7. The summed E-state index contributed by atoms with van der Waals surface area (Å²) in [5, 5.41) is 1.62. The fourth-order valence-electron chi connectivity index (χ4n) is 2.78. The second-order valence-corrected chi connectivity index (χ2v) is 5.88. The van der Waals surface area contributed by atoms with Gasteiger partial charge in [-0.1, -0.05) is 18.2 Å². The lowest BCUT2D eigenvalue weighted by atomic mass is 10.00. The van der Waals surface area contributed by atoms with Crippen LogP contribution < -0.4 is 10.5 Å².